The topological polar surface area (TPSA) is 30.3 Å². The Morgan fingerprint density at radius 2 is 1.48 bits per heavy atom. The molecule has 0 bridgehead atoms. The Morgan fingerprint density at radius 3 is 2.13 bits per heavy atom. The Kier molecular flexibility index (Phi) is 3.88. The number of aryl methyl sites for hydroxylation is 3. The number of benzene rings is 2. The van der Waals surface area contributed by atoms with E-state index in [9.17, 15) is 0 Å². The van der Waals surface area contributed by atoms with Crippen molar-refractivity contribution < 1.29 is 0 Å². The average molecular weight is 307 g/mol. The summed E-state index contributed by atoms with van der Waals surface area (Å²) in [5, 5.41) is 8.78. The first-order valence-corrected chi connectivity index (χ1v) is 8.19. The normalized spacial score (nSPS) is 18.0. The SMILES string of the molecule is Cc1cccc(N2C(=N)N(c3c(C)cccc3C)CC2C)c1C. The molecular formula is C20H25N3. The summed E-state index contributed by atoms with van der Waals surface area (Å²) in [5.74, 6) is 0.573. The maximum Gasteiger partial charge on any atom is 0.203 e. The lowest BCUT2D eigenvalue weighted by Gasteiger charge is -2.27. The van der Waals surface area contributed by atoms with Crippen LogP contribution in [-0.4, -0.2) is 18.5 Å². The second-order valence-electron chi connectivity index (χ2n) is 6.61. The fraction of sp³-hybridized carbons (Fsp3) is 0.350. The number of para-hydroxylation sites is 1. The van der Waals surface area contributed by atoms with E-state index in [1.807, 2.05) is 0 Å². The number of hydrogen-bond donors (Lipinski definition) is 1. The largest absolute Gasteiger partial charge is 0.310 e. The first-order chi connectivity index (χ1) is 10.9. The first kappa shape index (κ1) is 15.6. The quantitative estimate of drug-likeness (QED) is 0.881. The van der Waals surface area contributed by atoms with E-state index in [1.165, 1.54) is 27.9 Å². The summed E-state index contributed by atoms with van der Waals surface area (Å²) in [4.78, 5) is 4.31. The van der Waals surface area contributed by atoms with Crippen LogP contribution >= 0.6 is 0 Å². The summed E-state index contributed by atoms with van der Waals surface area (Å²) < 4.78 is 0. The van der Waals surface area contributed by atoms with Crippen molar-refractivity contribution in [1.29, 1.82) is 5.41 Å². The van der Waals surface area contributed by atoms with Gasteiger partial charge in [0.25, 0.3) is 0 Å². The molecule has 1 aliphatic rings. The van der Waals surface area contributed by atoms with E-state index in [2.05, 4.69) is 80.8 Å². The van der Waals surface area contributed by atoms with Gasteiger partial charge in [0.1, 0.15) is 0 Å². The first-order valence-electron chi connectivity index (χ1n) is 8.19. The van der Waals surface area contributed by atoms with E-state index in [4.69, 9.17) is 5.41 Å². The van der Waals surface area contributed by atoms with E-state index in [0.717, 1.165) is 12.2 Å². The smallest absolute Gasteiger partial charge is 0.203 e. The summed E-state index contributed by atoms with van der Waals surface area (Å²) in [5.41, 5.74) is 7.31. The Balaban J connectivity index is 2.04. The molecule has 0 saturated carbocycles. The highest BCUT2D eigenvalue weighted by molar-refractivity contribution is 6.09. The van der Waals surface area contributed by atoms with E-state index < -0.39 is 0 Å². The van der Waals surface area contributed by atoms with Crippen molar-refractivity contribution in [1.82, 2.24) is 0 Å². The van der Waals surface area contributed by atoms with E-state index in [0.29, 0.717) is 5.96 Å². The van der Waals surface area contributed by atoms with E-state index in [-0.39, 0.29) is 6.04 Å². The summed E-state index contributed by atoms with van der Waals surface area (Å²) in [7, 11) is 0. The fourth-order valence-electron chi connectivity index (χ4n) is 3.55. The number of nitrogens with one attached hydrogen (secondary N) is 1. The predicted octanol–water partition coefficient (Wildman–Crippen LogP) is 4.57. The molecule has 1 heterocycles. The molecule has 1 N–H and O–H groups in total. The van der Waals surface area contributed by atoms with Gasteiger partial charge in [0, 0.05) is 17.9 Å². The average Bonchev–Trinajstić information content (AvgIpc) is 2.77. The molecule has 23 heavy (non-hydrogen) atoms. The minimum absolute atomic E-state index is 0.280. The molecule has 1 atom stereocenters. The predicted molar refractivity (Wildman–Crippen MR) is 98.8 cm³/mol. The molecule has 0 aliphatic carbocycles. The van der Waals surface area contributed by atoms with Crippen LogP contribution in [0.3, 0.4) is 0 Å². The molecule has 0 spiro atoms. The zero-order valence-electron chi connectivity index (χ0n) is 14.6. The van der Waals surface area contributed by atoms with Crippen molar-refractivity contribution >= 4 is 17.3 Å². The van der Waals surface area contributed by atoms with Crippen molar-refractivity contribution in [2.24, 2.45) is 0 Å². The molecule has 1 aliphatic heterocycles. The molecule has 1 unspecified atom stereocenters. The van der Waals surface area contributed by atoms with Crippen LogP contribution in [0.15, 0.2) is 36.4 Å². The van der Waals surface area contributed by atoms with Crippen molar-refractivity contribution in [2.45, 2.75) is 40.7 Å². The van der Waals surface area contributed by atoms with Crippen molar-refractivity contribution in [3.05, 3.63) is 58.7 Å². The number of rotatable bonds is 2. The van der Waals surface area contributed by atoms with Crippen molar-refractivity contribution in [2.75, 3.05) is 16.3 Å². The molecule has 3 nitrogen and oxygen atoms in total. The Labute approximate surface area is 139 Å². The number of hydrogen-bond acceptors (Lipinski definition) is 1. The lowest BCUT2D eigenvalue weighted by Crippen LogP contribution is -2.35. The summed E-state index contributed by atoms with van der Waals surface area (Å²) >= 11 is 0. The molecule has 1 saturated heterocycles. The molecule has 120 valence electrons. The van der Waals surface area contributed by atoms with Gasteiger partial charge in [-0.05, 0) is 62.9 Å². The zero-order valence-corrected chi connectivity index (χ0v) is 14.6. The van der Waals surface area contributed by atoms with E-state index in [1.54, 1.807) is 0 Å². The minimum atomic E-state index is 0.280. The molecule has 3 rings (SSSR count). The molecule has 0 aromatic heterocycles. The van der Waals surface area contributed by atoms with Crippen LogP contribution in [0.25, 0.3) is 0 Å². The van der Waals surface area contributed by atoms with E-state index >= 15 is 0 Å². The molecule has 2 aromatic rings. The molecule has 0 amide bonds. The Hall–Kier alpha value is -2.29. The highest BCUT2D eigenvalue weighted by Gasteiger charge is 2.35. The van der Waals surface area contributed by atoms with Crippen LogP contribution < -0.4 is 9.80 Å². The van der Waals surface area contributed by atoms with Gasteiger partial charge in [-0.25, -0.2) is 0 Å². The summed E-state index contributed by atoms with van der Waals surface area (Å²) in [6.07, 6.45) is 0. The molecule has 3 heteroatoms. The minimum Gasteiger partial charge on any atom is -0.310 e. The number of guanidine groups is 1. The standard InChI is InChI=1S/C20H25N3/c1-13-8-7-11-18(17(13)5)23-16(4)12-22(20(23)21)19-14(2)9-6-10-15(19)3/h6-11,16,21H,12H2,1-5H3. The zero-order chi connectivity index (χ0) is 16.7. The van der Waals surface area contributed by atoms with Crippen LogP contribution in [0.5, 0.6) is 0 Å². The third-order valence-electron chi connectivity index (χ3n) is 4.92. The lowest BCUT2D eigenvalue weighted by molar-refractivity contribution is 0.790. The van der Waals surface area contributed by atoms with Crippen molar-refractivity contribution in [3.63, 3.8) is 0 Å². The second kappa shape index (κ2) is 5.73. The third kappa shape index (κ3) is 2.50. The second-order valence-corrected chi connectivity index (χ2v) is 6.61. The Bertz CT molecular complexity index is 743. The van der Waals surface area contributed by atoms with Gasteiger partial charge in [0.15, 0.2) is 0 Å². The van der Waals surface area contributed by atoms with Gasteiger partial charge < -0.3 is 9.80 Å². The molecular weight excluding hydrogens is 282 g/mol. The number of nitrogens with zero attached hydrogens (tertiary/aromatic N) is 2. The number of anilines is 2. The van der Waals surface area contributed by atoms with Crippen molar-refractivity contribution in [3.8, 4) is 0 Å². The molecule has 0 radical (unpaired) electrons. The van der Waals surface area contributed by atoms with Gasteiger partial charge in [-0.2, -0.15) is 0 Å². The van der Waals surface area contributed by atoms with Gasteiger partial charge in [0.05, 0.1) is 6.04 Å². The van der Waals surface area contributed by atoms with Gasteiger partial charge >= 0.3 is 0 Å². The fourth-order valence-corrected chi connectivity index (χ4v) is 3.55. The van der Waals surface area contributed by atoms with Gasteiger partial charge in [-0.15, -0.1) is 0 Å². The monoisotopic (exact) mass is 307 g/mol. The van der Waals surface area contributed by atoms with Crippen LogP contribution in [0.4, 0.5) is 11.4 Å². The lowest BCUT2D eigenvalue weighted by atomic mass is 10.1. The third-order valence-corrected chi connectivity index (χ3v) is 4.92. The van der Waals surface area contributed by atoms with Crippen LogP contribution in [-0.2, 0) is 0 Å². The van der Waals surface area contributed by atoms with Crippen LogP contribution in [0.1, 0.15) is 29.2 Å². The van der Waals surface area contributed by atoms with Gasteiger partial charge in [-0.3, -0.25) is 5.41 Å². The summed E-state index contributed by atoms with van der Waals surface area (Å²) in [6, 6.07) is 13.0. The summed E-state index contributed by atoms with van der Waals surface area (Å²) in [6.45, 7) is 11.6. The van der Waals surface area contributed by atoms with Gasteiger partial charge in [-0.1, -0.05) is 30.3 Å². The highest BCUT2D eigenvalue weighted by atomic mass is 15.4. The maximum absolute atomic E-state index is 8.78. The van der Waals surface area contributed by atoms with Crippen LogP contribution in [0.2, 0.25) is 0 Å². The molecule has 2 aromatic carbocycles. The van der Waals surface area contributed by atoms with Gasteiger partial charge in [0.2, 0.25) is 5.96 Å². The van der Waals surface area contributed by atoms with Crippen LogP contribution in [0, 0.1) is 33.1 Å². The molecule has 1 fully saturated rings. The maximum atomic E-state index is 8.78. The Morgan fingerprint density at radius 1 is 0.913 bits per heavy atom. The highest BCUT2D eigenvalue weighted by Crippen LogP contribution is 2.34.